The number of nitrogens with zero attached hydrogens (tertiary/aromatic N) is 1. The number of hydrogen-bond acceptors (Lipinski definition) is 12. The number of nitrogens with one attached hydrogen (secondary N) is 1. The van der Waals surface area contributed by atoms with Crippen LogP contribution in [0.25, 0.3) is 0 Å². The Labute approximate surface area is 299 Å². The van der Waals surface area contributed by atoms with Gasteiger partial charge in [-0.1, -0.05) is 19.1 Å². The van der Waals surface area contributed by atoms with Gasteiger partial charge in [0.05, 0.1) is 61.3 Å². The number of fused-ring (bicyclic) bond motifs is 2. The van der Waals surface area contributed by atoms with Gasteiger partial charge in [0.1, 0.15) is 11.2 Å². The number of benzene rings is 1. The van der Waals surface area contributed by atoms with E-state index in [-0.39, 0.29) is 80.0 Å². The maximum absolute atomic E-state index is 14.0. The molecule has 7 bridgehead atoms. The zero-order chi connectivity index (χ0) is 36.5. The summed E-state index contributed by atoms with van der Waals surface area (Å²) in [5.41, 5.74) is -4.06. The van der Waals surface area contributed by atoms with Crippen molar-refractivity contribution in [3.05, 3.63) is 29.8 Å². The molecule has 6 aliphatic rings. The Balaban J connectivity index is 1.25. The molecule has 1 aromatic rings. The first-order valence-electron chi connectivity index (χ1n) is 18.5. The van der Waals surface area contributed by atoms with Gasteiger partial charge < -0.3 is 44.0 Å². The van der Waals surface area contributed by atoms with Crippen molar-refractivity contribution in [1.82, 2.24) is 4.90 Å². The molecule has 13 unspecified atom stereocenters. The Morgan fingerprint density at radius 1 is 0.980 bits per heavy atom. The molecular weight excluding hydrogens is 660 g/mol. The molecule has 13 heteroatoms. The Hall–Kier alpha value is -2.65. The maximum atomic E-state index is 14.0. The summed E-state index contributed by atoms with van der Waals surface area (Å²) in [6, 6.07) is 6.19. The summed E-state index contributed by atoms with van der Waals surface area (Å²) in [7, 11) is 6.70. The fourth-order valence-electron chi connectivity index (χ4n) is 12.7. The standard InChI is InChI=1S/C38H54N2O11/c1-7-40-19-35(20-51-33(43)21-11-9-10-12-24(21)39-27(41)13-14-28(42)50-8-2)16-15-26(47-4)37-23-17-22-25(46-3)18-36(44,29(23)30(22)48-5)38(45,34(37)40)32(49-6)31(35)37/h9-12,22-23,25-26,29-32,34,44-45H,7-8,13-20H2,1-6H3,(H,39,41). The molecule has 5 aliphatic carbocycles. The van der Waals surface area contributed by atoms with Gasteiger partial charge in [-0.2, -0.15) is 0 Å². The number of aliphatic hydroxyl groups is 2. The molecular formula is C38H54N2O11. The van der Waals surface area contributed by atoms with Crippen LogP contribution >= 0.6 is 0 Å². The number of hydrogen-bond donors (Lipinski definition) is 3. The van der Waals surface area contributed by atoms with E-state index in [1.54, 1.807) is 59.6 Å². The topological polar surface area (TPSA) is 162 Å². The van der Waals surface area contributed by atoms with Crippen LogP contribution in [0.3, 0.4) is 0 Å². The molecule has 1 aliphatic heterocycles. The Kier molecular flexibility index (Phi) is 9.59. The molecule has 3 N–H and O–H groups in total. The van der Waals surface area contributed by atoms with E-state index in [4.69, 9.17) is 28.4 Å². The van der Waals surface area contributed by atoms with Crippen LogP contribution in [0.4, 0.5) is 5.69 Å². The molecule has 1 heterocycles. The fraction of sp³-hybridized carbons (Fsp3) is 0.763. The summed E-state index contributed by atoms with van der Waals surface area (Å²) in [5, 5.41) is 29.3. The number of likely N-dealkylation sites (tertiary alicyclic amines) is 1. The normalized spacial score (nSPS) is 43.1. The number of likely N-dealkylation sites (N-methyl/N-ethyl adjacent to an activating group) is 1. The van der Waals surface area contributed by atoms with Crippen LogP contribution < -0.4 is 5.32 Å². The molecule has 1 aromatic carbocycles. The van der Waals surface area contributed by atoms with Gasteiger partial charge in [-0.25, -0.2) is 4.79 Å². The van der Waals surface area contributed by atoms with Gasteiger partial charge in [-0.15, -0.1) is 0 Å². The molecule has 1 amide bonds. The van der Waals surface area contributed by atoms with Gasteiger partial charge in [-0.05, 0) is 50.8 Å². The van der Waals surface area contributed by atoms with Gasteiger partial charge in [0, 0.05) is 76.4 Å². The van der Waals surface area contributed by atoms with Crippen molar-refractivity contribution in [3.8, 4) is 0 Å². The van der Waals surface area contributed by atoms with Gasteiger partial charge in [-0.3, -0.25) is 14.5 Å². The van der Waals surface area contributed by atoms with E-state index in [9.17, 15) is 24.6 Å². The smallest absolute Gasteiger partial charge is 0.340 e. The van der Waals surface area contributed by atoms with Crippen LogP contribution in [-0.2, 0) is 38.0 Å². The zero-order valence-corrected chi connectivity index (χ0v) is 30.6. The summed E-state index contributed by atoms with van der Waals surface area (Å²) in [6.45, 7) is 5.19. The number of methoxy groups -OCH3 is 4. The molecule has 13 atom stereocenters. The minimum absolute atomic E-state index is 0.0417. The molecule has 6 fully saturated rings. The second kappa shape index (κ2) is 13.3. The first kappa shape index (κ1) is 36.7. The van der Waals surface area contributed by atoms with E-state index in [1.807, 2.05) is 0 Å². The van der Waals surface area contributed by atoms with Crippen molar-refractivity contribution in [2.75, 3.05) is 60.1 Å². The number of ether oxygens (including phenoxy) is 6. The van der Waals surface area contributed by atoms with E-state index in [0.717, 1.165) is 6.42 Å². The van der Waals surface area contributed by atoms with E-state index >= 15 is 0 Å². The molecule has 1 spiro atoms. The average Bonchev–Trinajstić information content (AvgIpc) is 3.55. The minimum atomic E-state index is -1.69. The average molecular weight is 715 g/mol. The highest BCUT2D eigenvalue weighted by Crippen LogP contribution is 2.80. The largest absolute Gasteiger partial charge is 0.466 e. The van der Waals surface area contributed by atoms with Crippen LogP contribution in [0.15, 0.2) is 24.3 Å². The van der Waals surface area contributed by atoms with Gasteiger partial charge in [0.2, 0.25) is 5.91 Å². The second-order valence-electron chi connectivity index (χ2n) is 15.7. The number of amides is 1. The molecule has 13 nitrogen and oxygen atoms in total. The van der Waals surface area contributed by atoms with Crippen molar-refractivity contribution >= 4 is 23.5 Å². The Morgan fingerprint density at radius 3 is 2.41 bits per heavy atom. The highest BCUT2D eigenvalue weighted by molar-refractivity contribution is 6.01. The molecule has 0 aromatic heterocycles. The molecule has 0 radical (unpaired) electrons. The lowest BCUT2D eigenvalue weighted by molar-refractivity contribution is -0.320. The van der Waals surface area contributed by atoms with Crippen molar-refractivity contribution < 1.29 is 53.0 Å². The Bertz CT molecular complexity index is 1530. The lowest BCUT2D eigenvalue weighted by atomic mass is 9.42. The van der Waals surface area contributed by atoms with Crippen LogP contribution in [0.2, 0.25) is 0 Å². The third-order valence-corrected chi connectivity index (χ3v) is 14.1. The van der Waals surface area contributed by atoms with Crippen molar-refractivity contribution in [3.63, 3.8) is 0 Å². The third kappa shape index (κ3) is 4.87. The molecule has 282 valence electrons. The quantitative estimate of drug-likeness (QED) is 0.257. The summed E-state index contributed by atoms with van der Waals surface area (Å²) in [4.78, 5) is 40.8. The van der Waals surface area contributed by atoms with E-state index in [2.05, 4.69) is 17.1 Å². The molecule has 7 rings (SSSR count). The summed E-state index contributed by atoms with van der Waals surface area (Å²) >= 11 is 0. The zero-order valence-electron chi connectivity index (χ0n) is 30.6. The van der Waals surface area contributed by atoms with E-state index < -0.39 is 52.0 Å². The number of anilines is 1. The lowest BCUT2D eigenvalue weighted by Gasteiger charge is -2.70. The third-order valence-electron chi connectivity index (χ3n) is 14.1. The number of carbonyl (C=O) groups excluding carboxylic acids is 3. The van der Waals surface area contributed by atoms with Crippen LogP contribution in [0.1, 0.15) is 62.7 Å². The van der Waals surface area contributed by atoms with Crippen LogP contribution in [-0.4, -0.2) is 129 Å². The van der Waals surface area contributed by atoms with E-state index in [1.165, 1.54) is 0 Å². The molecule has 5 saturated carbocycles. The lowest BCUT2D eigenvalue weighted by Crippen LogP contribution is -2.82. The predicted octanol–water partition coefficient (Wildman–Crippen LogP) is 2.42. The minimum Gasteiger partial charge on any atom is -0.466 e. The predicted molar refractivity (Wildman–Crippen MR) is 183 cm³/mol. The van der Waals surface area contributed by atoms with Crippen molar-refractivity contribution in [2.45, 2.75) is 94.0 Å². The highest BCUT2D eigenvalue weighted by atomic mass is 16.5. The molecule has 51 heavy (non-hydrogen) atoms. The van der Waals surface area contributed by atoms with E-state index in [0.29, 0.717) is 31.6 Å². The SMILES string of the molecule is CCOC(=O)CCC(=O)Nc1ccccc1C(=O)OCC12CCC(OC)C34C5CC6C(OC)CC(O)(C5C6OC)C(O)(C(OC)C13)C4N(CC)C2. The number of piperidine rings is 1. The van der Waals surface area contributed by atoms with Gasteiger partial charge in [0.15, 0.2) is 0 Å². The number of carbonyl (C=O) groups is 3. The number of rotatable bonds is 13. The van der Waals surface area contributed by atoms with Crippen LogP contribution in [0, 0.1) is 34.5 Å². The van der Waals surface area contributed by atoms with Crippen molar-refractivity contribution in [1.29, 1.82) is 0 Å². The molecule has 1 saturated heterocycles. The summed E-state index contributed by atoms with van der Waals surface area (Å²) in [5.74, 6) is -2.19. The first-order chi connectivity index (χ1) is 24.5. The number of esters is 2. The van der Waals surface area contributed by atoms with Crippen molar-refractivity contribution in [2.24, 2.45) is 34.5 Å². The summed E-state index contributed by atoms with van der Waals surface area (Å²) < 4.78 is 36.3. The Morgan fingerprint density at radius 2 is 1.75 bits per heavy atom. The van der Waals surface area contributed by atoms with Gasteiger partial charge >= 0.3 is 11.9 Å². The maximum Gasteiger partial charge on any atom is 0.340 e. The first-order valence-corrected chi connectivity index (χ1v) is 18.5. The highest BCUT2D eigenvalue weighted by Gasteiger charge is 2.91. The number of para-hydroxylation sites is 1. The fourth-order valence-corrected chi connectivity index (χ4v) is 12.7. The van der Waals surface area contributed by atoms with Crippen LogP contribution in [0.5, 0.6) is 0 Å². The van der Waals surface area contributed by atoms with Gasteiger partial charge in [0.25, 0.3) is 0 Å². The second-order valence-corrected chi connectivity index (χ2v) is 15.7. The monoisotopic (exact) mass is 714 g/mol. The summed E-state index contributed by atoms with van der Waals surface area (Å²) in [6.07, 6.45) is 0.565.